The van der Waals surface area contributed by atoms with Crippen LogP contribution in [0, 0.1) is 11.3 Å². The van der Waals surface area contributed by atoms with Gasteiger partial charge in [-0.3, -0.25) is 4.79 Å². The number of hydrogen-bond donors (Lipinski definition) is 1. The quantitative estimate of drug-likeness (QED) is 0.769. The molecule has 1 aromatic heterocycles. The lowest BCUT2D eigenvalue weighted by Crippen LogP contribution is -2.43. The van der Waals surface area contributed by atoms with E-state index in [0.29, 0.717) is 12.5 Å². The van der Waals surface area contributed by atoms with Crippen LogP contribution in [0.1, 0.15) is 18.5 Å². The maximum atomic E-state index is 11.4. The van der Waals surface area contributed by atoms with E-state index in [2.05, 4.69) is 10.3 Å². The van der Waals surface area contributed by atoms with Crippen LogP contribution in [0.2, 0.25) is 0 Å². The highest BCUT2D eigenvalue weighted by Crippen LogP contribution is 2.22. The number of carbonyl (C=O) groups excluding carboxylic acids is 1. The third-order valence-corrected chi connectivity index (χ3v) is 2.76. The van der Waals surface area contributed by atoms with Crippen LogP contribution in [-0.4, -0.2) is 43.7 Å². The number of hydrogen-bond acceptors (Lipinski definition) is 7. The topological polar surface area (TPSA) is 91.4 Å². The van der Waals surface area contributed by atoms with Gasteiger partial charge in [0.25, 0.3) is 0 Å². The van der Waals surface area contributed by atoms with E-state index in [0.717, 1.165) is 26.2 Å². The number of nitriles is 1. The molecule has 0 unspecified atom stereocenters. The lowest BCUT2D eigenvalue weighted by Gasteiger charge is -2.26. The molecule has 1 aromatic rings. The summed E-state index contributed by atoms with van der Waals surface area (Å²) in [5.41, 5.74) is 0.223. The van der Waals surface area contributed by atoms with Crippen molar-refractivity contribution in [2.75, 3.05) is 37.7 Å². The summed E-state index contributed by atoms with van der Waals surface area (Å²) in [4.78, 5) is 17.4. The minimum absolute atomic E-state index is 0.0470. The van der Waals surface area contributed by atoms with Crippen molar-refractivity contribution >= 4 is 11.9 Å². The van der Waals surface area contributed by atoms with Gasteiger partial charge in [-0.2, -0.15) is 10.2 Å². The van der Waals surface area contributed by atoms with Gasteiger partial charge in [-0.1, -0.05) is 0 Å². The first-order valence-electron chi connectivity index (χ1n) is 6.25. The van der Waals surface area contributed by atoms with Crippen LogP contribution >= 0.6 is 0 Å². The third kappa shape index (κ3) is 3.23. The number of piperazine rings is 1. The van der Waals surface area contributed by atoms with Crippen LogP contribution in [0.15, 0.2) is 4.42 Å². The highest BCUT2D eigenvalue weighted by atomic mass is 16.5. The fraction of sp³-hybridized carbons (Fsp3) is 0.583. The molecule has 0 aliphatic carbocycles. The minimum atomic E-state index is -0.403. The summed E-state index contributed by atoms with van der Waals surface area (Å²) in [7, 11) is 0. The Morgan fingerprint density at radius 3 is 2.95 bits per heavy atom. The van der Waals surface area contributed by atoms with Crippen molar-refractivity contribution in [2.24, 2.45) is 0 Å². The van der Waals surface area contributed by atoms with Gasteiger partial charge in [-0.05, 0) is 6.92 Å². The van der Waals surface area contributed by atoms with Gasteiger partial charge in [0.1, 0.15) is 12.5 Å². The number of ether oxygens (including phenoxy) is 1. The number of carbonyl (C=O) groups is 1. The first-order valence-corrected chi connectivity index (χ1v) is 6.25. The van der Waals surface area contributed by atoms with E-state index in [-0.39, 0.29) is 18.0 Å². The molecule has 0 atom stereocenters. The molecule has 1 aliphatic heterocycles. The maximum Gasteiger partial charge on any atom is 0.315 e. The van der Waals surface area contributed by atoms with Gasteiger partial charge in [-0.25, -0.2) is 0 Å². The van der Waals surface area contributed by atoms with Gasteiger partial charge in [0, 0.05) is 26.2 Å². The molecule has 0 amide bonds. The molecule has 1 fully saturated rings. The molecule has 0 radical (unpaired) electrons. The summed E-state index contributed by atoms with van der Waals surface area (Å²) in [5.74, 6) is 0.270. The number of esters is 1. The van der Waals surface area contributed by atoms with Crippen LogP contribution in [0.3, 0.4) is 0 Å². The molecule has 1 N–H and O–H groups in total. The predicted octanol–water partition coefficient (Wildman–Crippen LogP) is 0.0615. The van der Waals surface area contributed by atoms with Crippen LogP contribution in [-0.2, 0) is 16.0 Å². The molecule has 7 heteroatoms. The summed E-state index contributed by atoms with van der Waals surface area (Å²) >= 11 is 0. The van der Waals surface area contributed by atoms with Gasteiger partial charge < -0.3 is 19.4 Å². The molecule has 0 spiro atoms. The molecular weight excluding hydrogens is 248 g/mol. The van der Waals surface area contributed by atoms with Gasteiger partial charge in [0.2, 0.25) is 17.5 Å². The zero-order valence-electron chi connectivity index (χ0n) is 10.8. The summed E-state index contributed by atoms with van der Waals surface area (Å²) < 4.78 is 10.4. The number of rotatable bonds is 4. The highest BCUT2D eigenvalue weighted by Gasteiger charge is 2.22. The molecule has 102 valence electrons. The van der Waals surface area contributed by atoms with Crippen molar-refractivity contribution in [3.8, 4) is 6.07 Å². The largest absolute Gasteiger partial charge is 0.466 e. The normalized spacial score (nSPS) is 15.1. The second kappa shape index (κ2) is 6.20. The van der Waals surface area contributed by atoms with Crippen molar-refractivity contribution < 1.29 is 13.9 Å². The number of aromatic nitrogens is 1. The molecule has 7 nitrogen and oxygen atoms in total. The smallest absolute Gasteiger partial charge is 0.315 e. The number of anilines is 1. The van der Waals surface area contributed by atoms with Crippen LogP contribution in [0.25, 0.3) is 0 Å². The van der Waals surface area contributed by atoms with Gasteiger partial charge in [0.15, 0.2) is 0 Å². The summed E-state index contributed by atoms with van der Waals surface area (Å²) in [5, 5.41) is 12.3. The molecule has 0 saturated carbocycles. The SMILES string of the molecule is CCOC(=O)Cc1nc(C#N)c(N2CCNCC2)o1. The Morgan fingerprint density at radius 2 is 2.32 bits per heavy atom. The predicted molar refractivity (Wildman–Crippen MR) is 66.6 cm³/mol. The Balaban J connectivity index is 2.13. The number of nitrogens with one attached hydrogen (secondary N) is 1. The first-order chi connectivity index (χ1) is 9.24. The number of nitrogens with zero attached hydrogens (tertiary/aromatic N) is 3. The standard InChI is InChI=1S/C12H16N4O3/c1-2-18-11(17)7-10-15-9(8-13)12(19-10)16-5-3-14-4-6-16/h14H,2-7H2,1H3. The van der Waals surface area contributed by atoms with E-state index >= 15 is 0 Å². The van der Waals surface area contributed by atoms with Crippen molar-refractivity contribution in [3.05, 3.63) is 11.6 Å². The lowest BCUT2D eigenvalue weighted by molar-refractivity contribution is -0.142. The average Bonchev–Trinajstić information content (AvgIpc) is 2.83. The molecule has 0 aromatic carbocycles. The van der Waals surface area contributed by atoms with E-state index < -0.39 is 5.97 Å². The maximum absolute atomic E-state index is 11.4. The minimum Gasteiger partial charge on any atom is -0.466 e. The highest BCUT2D eigenvalue weighted by molar-refractivity contribution is 5.71. The van der Waals surface area contributed by atoms with Crippen LogP contribution in [0.5, 0.6) is 0 Å². The molecule has 2 rings (SSSR count). The van der Waals surface area contributed by atoms with Gasteiger partial charge in [-0.15, -0.1) is 0 Å². The fourth-order valence-corrected chi connectivity index (χ4v) is 1.92. The molecule has 0 bridgehead atoms. The fourth-order valence-electron chi connectivity index (χ4n) is 1.92. The van der Waals surface area contributed by atoms with Crippen molar-refractivity contribution in [1.82, 2.24) is 10.3 Å². The van der Waals surface area contributed by atoms with E-state index in [1.165, 1.54) is 0 Å². The second-order valence-corrected chi connectivity index (χ2v) is 4.09. The van der Waals surface area contributed by atoms with Crippen LogP contribution in [0.4, 0.5) is 5.88 Å². The van der Waals surface area contributed by atoms with E-state index in [4.69, 9.17) is 14.4 Å². The molecular formula is C12H16N4O3. The summed E-state index contributed by atoms with van der Waals surface area (Å²) in [6.45, 7) is 5.22. The van der Waals surface area contributed by atoms with Gasteiger partial charge >= 0.3 is 5.97 Å². The lowest BCUT2D eigenvalue weighted by atomic mass is 10.3. The van der Waals surface area contributed by atoms with E-state index in [1.807, 2.05) is 11.0 Å². The van der Waals surface area contributed by atoms with Crippen molar-refractivity contribution in [3.63, 3.8) is 0 Å². The average molecular weight is 264 g/mol. The zero-order chi connectivity index (χ0) is 13.7. The third-order valence-electron chi connectivity index (χ3n) is 2.76. The summed E-state index contributed by atoms with van der Waals surface area (Å²) in [6, 6.07) is 2.00. The summed E-state index contributed by atoms with van der Waals surface area (Å²) in [6.07, 6.45) is -0.0470. The van der Waals surface area contributed by atoms with Crippen molar-refractivity contribution in [1.29, 1.82) is 5.26 Å². The second-order valence-electron chi connectivity index (χ2n) is 4.09. The molecule has 19 heavy (non-hydrogen) atoms. The Bertz CT molecular complexity index is 486. The Labute approximate surface area is 111 Å². The van der Waals surface area contributed by atoms with Crippen LogP contribution < -0.4 is 10.2 Å². The molecule has 1 saturated heterocycles. The first kappa shape index (κ1) is 13.4. The molecule has 1 aliphatic rings. The zero-order valence-corrected chi connectivity index (χ0v) is 10.8. The Morgan fingerprint density at radius 1 is 1.58 bits per heavy atom. The van der Waals surface area contributed by atoms with E-state index in [9.17, 15) is 4.79 Å². The van der Waals surface area contributed by atoms with E-state index in [1.54, 1.807) is 6.92 Å². The Kier molecular flexibility index (Phi) is 4.36. The molecule has 2 heterocycles. The Hall–Kier alpha value is -2.07. The monoisotopic (exact) mass is 264 g/mol. The van der Waals surface area contributed by atoms with Gasteiger partial charge in [0.05, 0.1) is 6.61 Å². The van der Waals surface area contributed by atoms with Crippen molar-refractivity contribution in [2.45, 2.75) is 13.3 Å². The number of oxazole rings is 1.